The van der Waals surface area contributed by atoms with E-state index in [4.69, 9.17) is 33.4 Å². The predicted molar refractivity (Wildman–Crippen MR) is 216 cm³/mol. The second kappa shape index (κ2) is 18.7. The van der Waals surface area contributed by atoms with E-state index in [0.717, 1.165) is 37.9 Å². The van der Waals surface area contributed by atoms with Crippen LogP contribution in [-0.4, -0.2) is 109 Å². The van der Waals surface area contributed by atoms with Crippen LogP contribution in [0.1, 0.15) is 24.0 Å². The van der Waals surface area contributed by atoms with E-state index in [9.17, 15) is 39.6 Å². The molecule has 3 aromatic rings. The number of hydrogen-bond acceptors (Lipinski definition) is 13. The average molecular weight is 843 g/mol. The number of aliphatic carboxylic acids is 4. The first kappa shape index (κ1) is 42.4. The molecule has 0 atom stereocenters. The van der Waals surface area contributed by atoms with E-state index in [2.05, 4.69) is 4.58 Å². The number of carboxylic acid groups (broad SMARTS) is 4. The number of benzene rings is 4. The molecular weight excluding hydrogens is 798 g/mol. The fourth-order valence-electron chi connectivity index (χ4n) is 7.11. The van der Waals surface area contributed by atoms with Gasteiger partial charge in [-0.2, -0.15) is 19.6 Å². The number of carbonyl (C=O) groups is 4. The van der Waals surface area contributed by atoms with E-state index < -0.39 is 50.1 Å². The molecule has 0 unspecified atom stereocenters. The zero-order valence-electron chi connectivity index (χ0n) is 33.3. The molecule has 0 aromatic heterocycles. The molecule has 18 heteroatoms. The van der Waals surface area contributed by atoms with Crippen LogP contribution in [0.4, 0.5) is 11.4 Å². The summed E-state index contributed by atoms with van der Waals surface area (Å²) in [5.74, 6) is -4.00. The van der Waals surface area contributed by atoms with Gasteiger partial charge in [0.2, 0.25) is 17.9 Å². The smallest absolute Gasteiger partial charge is 0.323 e. The number of carboxylic acids is 4. The van der Waals surface area contributed by atoms with Gasteiger partial charge in [-0.25, -0.2) is 4.58 Å². The van der Waals surface area contributed by atoms with Crippen LogP contribution in [0, 0.1) is 13.8 Å². The summed E-state index contributed by atoms with van der Waals surface area (Å²) in [4.78, 5) is 69.4. The van der Waals surface area contributed by atoms with Crippen LogP contribution in [0.2, 0.25) is 0 Å². The molecule has 3 heterocycles. The summed E-state index contributed by atoms with van der Waals surface area (Å²) < 4.78 is 21.1. The first-order valence-electron chi connectivity index (χ1n) is 19.4. The van der Waals surface area contributed by atoms with Crippen LogP contribution in [0.25, 0.3) is 33.4 Å². The lowest BCUT2D eigenvalue weighted by Crippen LogP contribution is -2.35. The lowest BCUT2D eigenvalue weighted by molar-refractivity contribution is -0.138. The number of fused-ring (bicyclic) bond motifs is 2. The number of rotatable bonds is 22. The zero-order valence-corrected chi connectivity index (χ0v) is 33.3. The Morgan fingerprint density at radius 2 is 1.13 bits per heavy atom. The van der Waals surface area contributed by atoms with Gasteiger partial charge in [-0.05, 0) is 66.9 Å². The largest absolute Gasteiger partial charge is 0.488 e. The van der Waals surface area contributed by atoms with Crippen LogP contribution in [0.5, 0.6) is 11.5 Å². The molecule has 1 aliphatic carbocycles. The van der Waals surface area contributed by atoms with Crippen LogP contribution >= 0.6 is 0 Å². The molecule has 320 valence electrons. The van der Waals surface area contributed by atoms with E-state index in [1.165, 1.54) is 4.90 Å². The van der Waals surface area contributed by atoms with Crippen LogP contribution in [-0.2, 0) is 38.7 Å². The third-order valence-corrected chi connectivity index (χ3v) is 9.91. The molecule has 2 saturated heterocycles. The monoisotopic (exact) mass is 842 g/mol. The summed E-state index contributed by atoms with van der Waals surface area (Å²) in [6, 6.07) is 21.8. The fraction of sp³-hybridized carbons (Fsp3) is 0.326. The Kier molecular flexibility index (Phi) is 13.0. The molecule has 0 saturated carbocycles. The van der Waals surface area contributed by atoms with E-state index in [1.54, 1.807) is 43.3 Å². The second-order valence-electron chi connectivity index (χ2n) is 14.6. The van der Waals surface area contributed by atoms with Gasteiger partial charge in [0.1, 0.15) is 75.3 Å². The highest BCUT2D eigenvalue weighted by atomic mass is 17.4. The lowest BCUT2D eigenvalue weighted by Gasteiger charge is -2.25. The van der Waals surface area contributed by atoms with Crippen molar-refractivity contribution in [3.05, 3.63) is 89.3 Å². The quantitative estimate of drug-likeness (QED) is 0.0249. The van der Waals surface area contributed by atoms with Crippen LogP contribution < -0.4 is 29.2 Å². The Balaban J connectivity index is 1.27. The van der Waals surface area contributed by atoms with Crippen LogP contribution in [0.15, 0.2) is 77.2 Å². The fourth-order valence-corrected chi connectivity index (χ4v) is 7.11. The van der Waals surface area contributed by atoms with Gasteiger partial charge in [0.25, 0.3) is 0 Å². The average Bonchev–Trinajstić information content (AvgIpc) is 4.14. The maximum atomic E-state index is 12.0. The number of hydrogen-bond donors (Lipinski definition) is 4. The Bertz CT molecular complexity index is 2440. The Morgan fingerprint density at radius 3 is 1.67 bits per heavy atom. The minimum atomic E-state index is -1.25. The van der Waals surface area contributed by atoms with Crippen molar-refractivity contribution in [3.63, 3.8) is 0 Å². The number of nitrogens with zero attached hydrogens (tertiary/aromatic N) is 3. The standard InChI is InChI=1S/C43H43N3O15/c1-25-3-7-29-33(17-25)57-34-20-28(44(13-11-41-58-59-41)14-12-42-60-61-42)6-8-30(34)43(29)27-5-10-32(46(23-39(51)52)24-40(53)54)36(19-27)56-16-15-55-35-18-26(2)4-9-31(35)45(21-37(47)48)22-38(49)50/h3-10,17-20,41-42H,11-16,21-24H2,1-2H3,(H3-,47,48,49,50,51,52,53,54)/p+1. The highest BCUT2D eigenvalue weighted by molar-refractivity contribution is 6.02. The topological polar surface area (TPSA) is 240 Å². The molecule has 61 heavy (non-hydrogen) atoms. The number of ether oxygens (including phenoxy) is 2. The highest BCUT2D eigenvalue weighted by Gasteiger charge is 2.31. The van der Waals surface area contributed by atoms with Gasteiger partial charge < -0.3 is 44.1 Å². The van der Waals surface area contributed by atoms with Crippen LogP contribution in [0.3, 0.4) is 0 Å². The first-order valence-corrected chi connectivity index (χ1v) is 19.4. The van der Waals surface area contributed by atoms with Gasteiger partial charge in [-0.15, -0.1) is 0 Å². The Labute approximate surface area is 348 Å². The van der Waals surface area contributed by atoms with Gasteiger partial charge in [0, 0.05) is 22.6 Å². The molecule has 3 aromatic carbocycles. The molecule has 7 rings (SSSR count). The summed E-state index contributed by atoms with van der Waals surface area (Å²) in [5, 5.41) is 40.1. The van der Waals surface area contributed by atoms with Gasteiger partial charge in [0.05, 0.1) is 30.3 Å². The second-order valence-corrected chi connectivity index (χ2v) is 14.6. The highest BCUT2D eigenvalue weighted by Crippen LogP contribution is 2.43. The van der Waals surface area contributed by atoms with Crippen molar-refractivity contribution in [1.82, 2.24) is 4.58 Å². The van der Waals surface area contributed by atoms with Gasteiger partial charge >= 0.3 is 23.9 Å². The summed E-state index contributed by atoms with van der Waals surface area (Å²) in [6.07, 6.45) is 0.769. The summed E-state index contributed by atoms with van der Waals surface area (Å²) in [5.41, 5.74) is 5.01. The van der Waals surface area contributed by atoms with E-state index in [0.29, 0.717) is 42.8 Å². The van der Waals surface area contributed by atoms with Crippen molar-refractivity contribution in [2.45, 2.75) is 39.3 Å². The SMILES string of the molecule is Cc1ccc(N(CC(=O)O)CC(=O)O)c(OCCOc2cc(-c3c4ccc(=[N+](CCC5OO5)CCC5OO5)cc-4oc4cc(C)ccc34)ccc2N(CC(=O)O)CC(=O)O)c1. The molecule has 3 aliphatic heterocycles. The summed E-state index contributed by atoms with van der Waals surface area (Å²) >= 11 is 0. The molecule has 0 radical (unpaired) electrons. The third kappa shape index (κ3) is 11.1. The van der Waals surface area contributed by atoms with Crippen molar-refractivity contribution >= 4 is 46.2 Å². The van der Waals surface area contributed by atoms with Gasteiger partial charge in [0.15, 0.2) is 0 Å². The minimum absolute atomic E-state index is 0.113. The number of anilines is 2. The molecule has 18 nitrogen and oxygen atoms in total. The summed E-state index contributed by atoms with van der Waals surface area (Å²) in [6.45, 7) is 2.32. The summed E-state index contributed by atoms with van der Waals surface area (Å²) in [7, 11) is 0. The predicted octanol–water partition coefficient (Wildman–Crippen LogP) is 4.36. The molecule has 0 amide bonds. The normalized spacial score (nSPS) is 13.5. The number of aryl methyl sites for hydroxylation is 2. The Hall–Kier alpha value is -6.73. The maximum absolute atomic E-state index is 12.0. The zero-order chi connectivity index (χ0) is 43.2. The van der Waals surface area contributed by atoms with Gasteiger partial charge in [-0.3, -0.25) is 19.2 Å². The van der Waals surface area contributed by atoms with Crippen molar-refractivity contribution in [2.75, 3.05) is 62.3 Å². The van der Waals surface area contributed by atoms with Gasteiger partial charge in [-0.1, -0.05) is 24.3 Å². The molecule has 2 fully saturated rings. The first-order chi connectivity index (χ1) is 29.3. The minimum Gasteiger partial charge on any atom is -0.488 e. The molecule has 4 N–H and O–H groups in total. The van der Waals surface area contributed by atoms with Crippen molar-refractivity contribution in [1.29, 1.82) is 0 Å². The molecule has 4 aliphatic rings. The Morgan fingerprint density at radius 1 is 0.623 bits per heavy atom. The molecule has 0 bridgehead atoms. The third-order valence-electron chi connectivity index (χ3n) is 9.91. The van der Waals surface area contributed by atoms with Crippen molar-refractivity contribution < 1.29 is 73.0 Å². The molecule has 0 spiro atoms. The maximum Gasteiger partial charge on any atom is 0.323 e. The van der Waals surface area contributed by atoms with Crippen molar-refractivity contribution in [2.24, 2.45) is 0 Å². The van der Waals surface area contributed by atoms with E-state index >= 15 is 0 Å². The van der Waals surface area contributed by atoms with E-state index in [-0.39, 0.29) is 48.7 Å². The molecular formula is C43H44N3O15+. The van der Waals surface area contributed by atoms with E-state index in [1.807, 2.05) is 43.3 Å². The van der Waals surface area contributed by atoms with Crippen molar-refractivity contribution in [3.8, 4) is 33.9 Å². The lowest BCUT2D eigenvalue weighted by atomic mass is 9.93.